The molecule has 0 unspecified atom stereocenters. The molecule has 0 heterocycles. The summed E-state index contributed by atoms with van der Waals surface area (Å²) in [4.78, 5) is 12.3. The molecule has 4 nitrogen and oxygen atoms in total. The van der Waals surface area contributed by atoms with Gasteiger partial charge >= 0.3 is 0 Å². The highest BCUT2D eigenvalue weighted by molar-refractivity contribution is 5.98. The molecule has 2 aliphatic rings. The molecule has 1 amide bonds. The minimum absolute atomic E-state index is 0. The molecular formula is C18H27ClN2O2. The topological polar surface area (TPSA) is 64.4 Å². The van der Waals surface area contributed by atoms with E-state index in [2.05, 4.69) is 5.32 Å². The molecule has 1 aromatic rings. The molecule has 5 heteroatoms. The standard InChI is InChI=1S/C18H26N2O2.ClH/c19-18(11-3-4-12-18)17(21)20-15-9-7-14(8-10-15)13-22-16-5-1-2-6-16;/h7-10,16H,1-6,11-13,19H2,(H,20,21);1H. The Balaban J connectivity index is 0.00000192. The molecule has 2 aliphatic carbocycles. The van der Waals surface area contributed by atoms with Crippen molar-refractivity contribution in [3.05, 3.63) is 29.8 Å². The number of halogens is 1. The van der Waals surface area contributed by atoms with E-state index in [0.717, 1.165) is 36.9 Å². The van der Waals surface area contributed by atoms with Crippen molar-refractivity contribution in [3.8, 4) is 0 Å². The third kappa shape index (κ3) is 4.69. The molecule has 3 rings (SSSR count). The molecular weight excluding hydrogens is 312 g/mol. The maximum Gasteiger partial charge on any atom is 0.244 e. The summed E-state index contributed by atoms with van der Waals surface area (Å²) in [5.74, 6) is -0.0556. The van der Waals surface area contributed by atoms with Gasteiger partial charge in [-0.05, 0) is 43.4 Å². The van der Waals surface area contributed by atoms with Crippen LogP contribution in [-0.2, 0) is 16.1 Å². The minimum Gasteiger partial charge on any atom is -0.374 e. The number of nitrogens with one attached hydrogen (secondary N) is 1. The zero-order valence-electron chi connectivity index (χ0n) is 13.6. The maximum atomic E-state index is 12.3. The number of carbonyl (C=O) groups excluding carboxylic acids is 1. The van der Waals surface area contributed by atoms with Gasteiger partial charge in [0, 0.05) is 5.69 Å². The van der Waals surface area contributed by atoms with Gasteiger partial charge in [0.2, 0.25) is 5.91 Å². The van der Waals surface area contributed by atoms with Gasteiger partial charge in [0.1, 0.15) is 0 Å². The average molecular weight is 339 g/mol. The Bertz CT molecular complexity index is 506. The maximum absolute atomic E-state index is 12.3. The van der Waals surface area contributed by atoms with Crippen molar-refractivity contribution in [3.63, 3.8) is 0 Å². The summed E-state index contributed by atoms with van der Waals surface area (Å²) >= 11 is 0. The van der Waals surface area contributed by atoms with Crippen LogP contribution in [0.2, 0.25) is 0 Å². The molecule has 2 saturated carbocycles. The predicted octanol–water partition coefficient (Wildman–Crippen LogP) is 3.78. The molecule has 128 valence electrons. The number of rotatable bonds is 5. The fraction of sp³-hybridized carbons (Fsp3) is 0.611. The molecule has 23 heavy (non-hydrogen) atoms. The second-order valence-electron chi connectivity index (χ2n) is 6.73. The molecule has 0 atom stereocenters. The van der Waals surface area contributed by atoms with E-state index in [-0.39, 0.29) is 18.3 Å². The van der Waals surface area contributed by atoms with Gasteiger partial charge in [-0.15, -0.1) is 12.4 Å². The number of ether oxygens (including phenoxy) is 1. The summed E-state index contributed by atoms with van der Waals surface area (Å²) in [6.07, 6.45) is 9.03. The Kier molecular flexibility index (Phi) is 6.45. The van der Waals surface area contributed by atoms with Crippen molar-refractivity contribution in [2.75, 3.05) is 5.32 Å². The number of hydrogen-bond donors (Lipinski definition) is 2. The van der Waals surface area contributed by atoms with Gasteiger partial charge in [-0.3, -0.25) is 4.79 Å². The second-order valence-corrected chi connectivity index (χ2v) is 6.73. The molecule has 0 aliphatic heterocycles. The summed E-state index contributed by atoms with van der Waals surface area (Å²) in [5, 5.41) is 2.94. The fourth-order valence-corrected chi connectivity index (χ4v) is 3.44. The van der Waals surface area contributed by atoms with Crippen molar-refractivity contribution >= 4 is 24.0 Å². The molecule has 0 saturated heterocycles. The Morgan fingerprint density at radius 3 is 2.35 bits per heavy atom. The third-order valence-corrected chi connectivity index (χ3v) is 4.95. The zero-order valence-corrected chi connectivity index (χ0v) is 14.4. The average Bonchev–Trinajstić information content (AvgIpc) is 3.19. The molecule has 0 radical (unpaired) electrons. The SMILES string of the molecule is Cl.NC1(C(=O)Nc2ccc(COC3CCCC3)cc2)CCCC1. The summed E-state index contributed by atoms with van der Waals surface area (Å²) in [6.45, 7) is 0.652. The number of nitrogens with two attached hydrogens (primary N) is 1. The highest BCUT2D eigenvalue weighted by Gasteiger charge is 2.36. The summed E-state index contributed by atoms with van der Waals surface area (Å²) in [5.41, 5.74) is 7.45. The van der Waals surface area contributed by atoms with Crippen LogP contribution in [0.5, 0.6) is 0 Å². The minimum atomic E-state index is -0.676. The number of benzene rings is 1. The Morgan fingerprint density at radius 1 is 1.13 bits per heavy atom. The number of carbonyl (C=O) groups is 1. The quantitative estimate of drug-likeness (QED) is 0.858. The van der Waals surface area contributed by atoms with Crippen LogP contribution in [0.3, 0.4) is 0 Å². The van der Waals surface area contributed by atoms with Crippen molar-refractivity contribution in [2.24, 2.45) is 5.73 Å². The number of amides is 1. The van der Waals surface area contributed by atoms with E-state index in [0.29, 0.717) is 12.7 Å². The van der Waals surface area contributed by atoms with Crippen LogP contribution in [0.15, 0.2) is 24.3 Å². The first-order chi connectivity index (χ1) is 10.7. The molecule has 3 N–H and O–H groups in total. The van der Waals surface area contributed by atoms with E-state index < -0.39 is 5.54 Å². The first-order valence-corrected chi connectivity index (χ1v) is 8.47. The van der Waals surface area contributed by atoms with E-state index in [1.807, 2.05) is 24.3 Å². The molecule has 0 spiro atoms. The Hall–Kier alpha value is -1.10. The van der Waals surface area contributed by atoms with Crippen molar-refractivity contribution in [1.29, 1.82) is 0 Å². The lowest BCUT2D eigenvalue weighted by Gasteiger charge is -2.22. The van der Waals surface area contributed by atoms with Crippen LogP contribution in [0.25, 0.3) is 0 Å². The largest absolute Gasteiger partial charge is 0.374 e. The van der Waals surface area contributed by atoms with Crippen LogP contribution in [0.4, 0.5) is 5.69 Å². The van der Waals surface area contributed by atoms with Crippen LogP contribution < -0.4 is 11.1 Å². The Morgan fingerprint density at radius 2 is 1.74 bits per heavy atom. The van der Waals surface area contributed by atoms with Gasteiger partial charge in [-0.25, -0.2) is 0 Å². The van der Waals surface area contributed by atoms with Crippen molar-refractivity contribution in [2.45, 2.75) is 69.6 Å². The van der Waals surface area contributed by atoms with Crippen LogP contribution in [0.1, 0.15) is 56.9 Å². The lowest BCUT2D eigenvalue weighted by molar-refractivity contribution is -0.121. The van der Waals surface area contributed by atoms with Crippen LogP contribution in [-0.4, -0.2) is 17.6 Å². The smallest absolute Gasteiger partial charge is 0.244 e. The summed E-state index contributed by atoms with van der Waals surface area (Å²) < 4.78 is 5.90. The molecule has 2 fully saturated rings. The monoisotopic (exact) mass is 338 g/mol. The zero-order chi connectivity index (χ0) is 15.4. The van der Waals surface area contributed by atoms with Gasteiger partial charge in [0.25, 0.3) is 0 Å². The third-order valence-electron chi connectivity index (χ3n) is 4.95. The van der Waals surface area contributed by atoms with Gasteiger partial charge in [-0.2, -0.15) is 0 Å². The lowest BCUT2D eigenvalue weighted by Crippen LogP contribution is -2.48. The van der Waals surface area contributed by atoms with Crippen molar-refractivity contribution < 1.29 is 9.53 Å². The van der Waals surface area contributed by atoms with Crippen LogP contribution >= 0.6 is 12.4 Å². The van der Waals surface area contributed by atoms with Gasteiger partial charge in [0.05, 0.1) is 18.2 Å². The first kappa shape index (κ1) is 18.2. The van der Waals surface area contributed by atoms with Gasteiger partial charge in [-0.1, -0.05) is 37.8 Å². The molecule has 0 bridgehead atoms. The van der Waals surface area contributed by atoms with E-state index >= 15 is 0 Å². The predicted molar refractivity (Wildman–Crippen MR) is 94.8 cm³/mol. The first-order valence-electron chi connectivity index (χ1n) is 8.47. The van der Waals surface area contributed by atoms with E-state index in [9.17, 15) is 4.79 Å². The highest BCUT2D eigenvalue weighted by atomic mass is 35.5. The summed E-state index contributed by atoms with van der Waals surface area (Å²) in [6, 6.07) is 7.90. The second kappa shape index (κ2) is 8.13. The van der Waals surface area contributed by atoms with E-state index in [1.54, 1.807) is 0 Å². The van der Waals surface area contributed by atoms with Gasteiger partial charge < -0.3 is 15.8 Å². The van der Waals surface area contributed by atoms with Crippen molar-refractivity contribution in [1.82, 2.24) is 0 Å². The van der Waals surface area contributed by atoms with E-state index in [1.165, 1.54) is 25.7 Å². The van der Waals surface area contributed by atoms with Gasteiger partial charge in [0.15, 0.2) is 0 Å². The summed E-state index contributed by atoms with van der Waals surface area (Å²) in [7, 11) is 0. The van der Waals surface area contributed by atoms with E-state index in [4.69, 9.17) is 10.5 Å². The molecule has 1 aromatic carbocycles. The molecule has 0 aromatic heterocycles. The normalized spacial score (nSPS) is 20.2. The fourth-order valence-electron chi connectivity index (χ4n) is 3.44. The lowest BCUT2D eigenvalue weighted by atomic mass is 9.98. The number of anilines is 1. The van der Waals surface area contributed by atoms with Crippen LogP contribution in [0, 0.1) is 0 Å². The highest BCUT2D eigenvalue weighted by Crippen LogP contribution is 2.28. The Labute approximate surface area is 144 Å². The number of hydrogen-bond acceptors (Lipinski definition) is 3.